The molecular formula is C15H18N2O5S. The van der Waals surface area contributed by atoms with Gasteiger partial charge < -0.3 is 9.63 Å². The van der Waals surface area contributed by atoms with Gasteiger partial charge in [-0.25, -0.2) is 17.9 Å². The number of nitrogens with zero attached hydrogens (tertiary/aromatic N) is 1. The molecule has 1 aromatic carbocycles. The van der Waals surface area contributed by atoms with Crippen LogP contribution in [0.25, 0.3) is 0 Å². The van der Waals surface area contributed by atoms with Crippen LogP contribution in [0.15, 0.2) is 27.6 Å². The van der Waals surface area contributed by atoms with E-state index in [2.05, 4.69) is 9.88 Å². The van der Waals surface area contributed by atoms with Crippen molar-refractivity contribution in [2.45, 2.75) is 38.6 Å². The summed E-state index contributed by atoms with van der Waals surface area (Å²) in [6.45, 7) is 5.27. The van der Waals surface area contributed by atoms with Crippen molar-refractivity contribution < 1.29 is 22.8 Å². The molecule has 0 unspecified atom stereocenters. The number of aryl methyl sites for hydroxylation is 3. The van der Waals surface area contributed by atoms with Gasteiger partial charge in [0.05, 0.1) is 16.2 Å². The van der Waals surface area contributed by atoms with Crippen LogP contribution in [-0.4, -0.2) is 24.7 Å². The Bertz CT molecular complexity index is 820. The smallest absolute Gasteiger partial charge is 0.335 e. The highest BCUT2D eigenvalue weighted by molar-refractivity contribution is 7.89. The lowest BCUT2D eigenvalue weighted by Gasteiger charge is -2.11. The topological polar surface area (TPSA) is 110 Å². The number of sulfonamides is 1. The summed E-state index contributed by atoms with van der Waals surface area (Å²) in [5.74, 6) is -0.630. The molecule has 0 saturated carbocycles. The van der Waals surface area contributed by atoms with Crippen molar-refractivity contribution in [1.82, 2.24) is 9.88 Å². The first-order chi connectivity index (χ1) is 10.8. The van der Waals surface area contributed by atoms with Crippen LogP contribution in [-0.2, 0) is 23.0 Å². The van der Waals surface area contributed by atoms with E-state index in [9.17, 15) is 13.2 Å². The molecule has 2 rings (SSSR count). The van der Waals surface area contributed by atoms with Gasteiger partial charge in [-0.1, -0.05) is 18.1 Å². The van der Waals surface area contributed by atoms with Gasteiger partial charge in [-0.2, -0.15) is 0 Å². The minimum Gasteiger partial charge on any atom is -0.478 e. The van der Waals surface area contributed by atoms with Gasteiger partial charge in [0, 0.05) is 12.1 Å². The molecule has 0 atom stereocenters. The van der Waals surface area contributed by atoms with Crippen molar-refractivity contribution in [2.24, 2.45) is 0 Å². The van der Waals surface area contributed by atoms with Crippen LogP contribution >= 0.6 is 0 Å². The quantitative estimate of drug-likeness (QED) is 0.834. The van der Waals surface area contributed by atoms with E-state index in [1.165, 1.54) is 18.2 Å². The molecule has 0 spiro atoms. The number of hydrogen-bond donors (Lipinski definition) is 2. The Morgan fingerprint density at radius 2 is 2.04 bits per heavy atom. The van der Waals surface area contributed by atoms with E-state index in [-0.39, 0.29) is 17.0 Å². The molecule has 2 aromatic rings. The van der Waals surface area contributed by atoms with Crippen LogP contribution < -0.4 is 4.72 Å². The monoisotopic (exact) mass is 338 g/mol. The highest BCUT2D eigenvalue weighted by Gasteiger charge is 2.21. The fraction of sp³-hybridized carbons (Fsp3) is 0.333. The average molecular weight is 338 g/mol. The Labute approximate surface area is 134 Å². The highest BCUT2D eigenvalue weighted by atomic mass is 32.2. The summed E-state index contributed by atoms with van der Waals surface area (Å²) in [6.07, 6.45) is 0.474. The number of aromatic nitrogens is 1. The summed E-state index contributed by atoms with van der Waals surface area (Å²) in [5.41, 5.74) is 1.77. The number of carbonyl (C=O) groups is 1. The average Bonchev–Trinajstić information content (AvgIpc) is 2.83. The summed E-state index contributed by atoms with van der Waals surface area (Å²) in [6, 6.07) is 4.10. The fourth-order valence-corrected chi connectivity index (χ4v) is 3.56. The zero-order valence-corrected chi connectivity index (χ0v) is 13.9. The first-order valence-electron chi connectivity index (χ1n) is 7.04. The van der Waals surface area contributed by atoms with E-state index in [1.807, 2.05) is 6.92 Å². The van der Waals surface area contributed by atoms with Crippen LogP contribution in [0, 0.1) is 13.8 Å². The minimum atomic E-state index is -3.85. The van der Waals surface area contributed by atoms with Crippen molar-refractivity contribution >= 4 is 16.0 Å². The van der Waals surface area contributed by atoms with Crippen molar-refractivity contribution in [2.75, 3.05) is 0 Å². The highest BCUT2D eigenvalue weighted by Crippen LogP contribution is 2.20. The third-order valence-corrected chi connectivity index (χ3v) is 5.09. The van der Waals surface area contributed by atoms with Gasteiger partial charge in [-0.3, -0.25) is 0 Å². The van der Waals surface area contributed by atoms with Crippen LogP contribution in [0.2, 0.25) is 0 Å². The molecule has 0 aliphatic rings. The van der Waals surface area contributed by atoms with E-state index >= 15 is 0 Å². The fourth-order valence-electron chi connectivity index (χ4n) is 2.23. The van der Waals surface area contributed by atoms with Crippen LogP contribution in [0.4, 0.5) is 0 Å². The van der Waals surface area contributed by atoms with Gasteiger partial charge in [0.25, 0.3) is 0 Å². The van der Waals surface area contributed by atoms with Crippen LogP contribution in [0.3, 0.4) is 0 Å². The molecule has 0 saturated heterocycles. The SMILES string of the molecule is CCc1ccc(C(=O)O)cc1S(=O)(=O)NCc1c(C)noc1C. The molecule has 8 heteroatoms. The predicted octanol–water partition coefficient (Wildman–Crippen LogP) is 2.03. The van der Waals surface area contributed by atoms with E-state index in [4.69, 9.17) is 9.63 Å². The molecule has 0 aliphatic heterocycles. The van der Waals surface area contributed by atoms with Crippen molar-refractivity contribution in [1.29, 1.82) is 0 Å². The number of aromatic carboxylic acids is 1. The molecule has 0 amide bonds. The van der Waals surface area contributed by atoms with Gasteiger partial charge in [-0.05, 0) is 38.0 Å². The molecular weight excluding hydrogens is 320 g/mol. The minimum absolute atomic E-state index is 0.0216. The zero-order valence-electron chi connectivity index (χ0n) is 13.1. The second-order valence-corrected chi connectivity index (χ2v) is 6.84. The summed E-state index contributed by atoms with van der Waals surface area (Å²) in [4.78, 5) is 11.1. The number of carboxylic acids is 1. The standard InChI is InChI=1S/C15H18N2O5S/c1-4-11-5-6-12(15(18)19)7-14(11)23(20,21)16-8-13-9(2)17-22-10(13)3/h5-7,16H,4,8H2,1-3H3,(H,18,19). The van der Waals surface area contributed by atoms with Gasteiger partial charge >= 0.3 is 5.97 Å². The lowest BCUT2D eigenvalue weighted by atomic mass is 10.1. The number of hydrogen-bond acceptors (Lipinski definition) is 5. The van der Waals surface area contributed by atoms with Gasteiger partial charge in [0.15, 0.2) is 0 Å². The molecule has 124 valence electrons. The molecule has 0 radical (unpaired) electrons. The third-order valence-electron chi connectivity index (χ3n) is 3.60. The van der Waals surface area contributed by atoms with Gasteiger partial charge in [0.2, 0.25) is 10.0 Å². The molecule has 1 aromatic heterocycles. The lowest BCUT2D eigenvalue weighted by molar-refractivity contribution is 0.0696. The van der Waals surface area contributed by atoms with Crippen LogP contribution in [0.5, 0.6) is 0 Å². The maximum absolute atomic E-state index is 12.5. The Hall–Kier alpha value is -2.19. The Morgan fingerprint density at radius 3 is 2.57 bits per heavy atom. The number of benzene rings is 1. The molecule has 0 aliphatic carbocycles. The first-order valence-corrected chi connectivity index (χ1v) is 8.52. The van der Waals surface area contributed by atoms with Crippen LogP contribution in [0.1, 0.15) is 39.9 Å². The van der Waals surface area contributed by atoms with E-state index in [1.54, 1.807) is 13.8 Å². The maximum Gasteiger partial charge on any atom is 0.335 e. The summed E-state index contributed by atoms with van der Waals surface area (Å²) in [7, 11) is -3.85. The normalized spacial score (nSPS) is 11.6. The Morgan fingerprint density at radius 1 is 1.35 bits per heavy atom. The lowest BCUT2D eigenvalue weighted by Crippen LogP contribution is -2.25. The van der Waals surface area contributed by atoms with Gasteiger partial charge in [-0.15, -0.1) is 0 Å². The van der Waals surface area contributed by atoms with Crippen molar-refractivity contribution in [3.05, 3.63) is 46.3 Å². The molecule has 7 nitrogen and oxygen atoms in total. The number of rotatable bonds is 6. The van der Waals surface area contributed by atoms with Crippen molar-refractivity contribution in [3.63, 3.8) is 0 Å². The first kappa shape index (κ1) is 17.2. The molecule has 0 fully saturated rings. The van der Waals surface area contributed by atoms with E-state index < -0.39 is 16.0 Å². The predicted molar refractivity (Wildman–Crippen MR) is 82.8 cm³/mol. The zero-order chi connectivity index (χ0) is 17.2. The van der Waals surface area contributed by atoms with Crippen molar-refractivity contribution in [3.8, 4) is 0 Å². The number of nitrogens with one attached hydrogen (secondary N) is 1. The van der Waals surface area contributed by atoms with Gasteiger partial charge in [0.1, 0.15) is 5.76 Å². The van der Waals surface area contributed by atoms with E-state index in [0.29, 0.717) is 29.0 Å². The third kappa shape index (κ3) is 3.59. The Kier molecular flexibility index (Phi) is 4.86. The largest absolute Gasteiger partial charge is 0.478 e. The molecule has 2 N–H and O–H groups in total. The maximum atomic E-state index is 12.5. The molecule has 0 bridgehead atoms. The summed E-state index contributed by atoms with van der Waals surface area (Å²) >= 11 is 0. The second-order valence-electron chi connectivity index (χ2n) is 5.11. The molecule has 1 heterocycles. The number of carboxylic acid groups (broad SMARTS) is 1. The molecule has 23 heavy (non-hydrogen) atoms. The second kappa shape index (κ2) is 6.51. The summed E-state index contributed by atoms with van der Waals surface area (Å²) in [5, 5.41) is 12.8. The summed E-state index contributed by atoms with van der Waals surface area (Å²) < 4.78 is 32.6. The van der Waals surface area contributed by atoms with E-state index in [0.717, 1.165) is 0 Å². The Balaban J connectivity index is 2.35.